The Bertz CT molecular complexity index is 939. The first kappa shape index (κ1) is 19.7. The SMILES string of the molecule is C=CCn1c(COc2cccc(C)c2C)nnc1SCc1cccc(Br)c1. The van der Waals surface area contributed by atoms with Crippen LogP contribution in [0, 0.1) is 13.8 Å². The van der Waals surface area contributed by atoms with Crippen molar-refractivity contribution in [3.63, 3.8) is 0 Å². The molecule has 0 aliphatic carbocycles. The molecule has 2 aromatic carbocycles. The third-order valence-electron chi connectivity index (χ3n) is 4.27. The molecule has 0 saturated heterocycles. The predicted molar refractivity (Wildman–Crippen MR) is 114 cm³/mol. The van der Waals surface area contributed by atoms with E-state index >= 15 is 0 Å². The van der Waals surface area contributed by atoms with Crippen molar-refractivity contribution in [3.8, 4) is 5.75 Å². The molecule has 0 saturated carbocycles. The molecule has 0 bridgehead atoms. The number of benzene rings is 2. The van der Waals surface area contributed by atoms with Gasteiger partial charge in [-0.2, -0.15) is 0 Å². The number of rotatable bonds is 8. The highest BCUT2D eigenvalue weighted by Gasteiger charge is 2.13. The van der Waals surface area contributed by atoms with E-state index in [4.69, 9.17) is 4.74 Å². The summed E-state index contributed by atoms with van der Waals surface area (Å²) in [4.78, 5) is 0. The Morgan fingerprint density at radius 2 is 2.00 bits per heavy atom. The van der Waals surface area contributed by atoms with Crippen molar-refractivity contribution < 1.29 is 4.74 Å². The van der Waals surface area contributed by atoms with E-state index in [1.807, 2.05) is 30.3 Å². The van der Waals surface area contributed by atoms with E-state index in [0.29, 0.717) is 13.2 Å². The molecule has 6 heteroatoms. The van der Waals surface area contributed by atoms with Gasteiger partial charge in [0.05, 0.1) is 0 Å². The minimum Gasteiger partial charge on any atom is -0.485 e. The molecular formula is C21H22BrN3OS. The number of ether oxygens (including phenoxy) is 1. The molecule has 1 aromatic heterocycles. The van der Waals surface area contributed by atoms with Crippen LogP contribution in [-0.2, 0) is 18.9 Å². The van der Waals surface area contributed by atoms with E-state index in [0.717, 1.165) is 32.5 Å². The number of allylic oxidation sites excluding steroid dienone is 1. The Hall–Kier alpha value is -2.05. The summed E-state index contributed by atoms with van der Waals surface area (Å²) in [5.74, 6) is 2.51. The summed E-state index contributed by atoms with van der Waals surface area (Å²) >= 11 is 5.18. The zero-order valence-electron chi connectivity index (χ0n) is 15.5. The molecule has 3 rings (SSSR count). The van der Waals surface area contributed by atoms with E-state index in [-0.39, 0.29) is 0 Å². The topological polar surface area (TPSA) is 39.9 Å². The second-order valence-electron chi connectivity index (χ2n) is 6.20. The second-order valence-corrected chi connectivity index (χ2v) is 8.06. The summed E-state index contributed by atoms with van der Waals surface area (Å²) in [6.07, 6.45) is 1.86. The number of nitrogens with zero attached hydrogens (tertiary/aromatic N) is 3. The van der Waals surface area contributed by atoms with Crippen LogP contribution in [0.5, 0.6) is 5.75 Å². The summed E-state index contributed by atoms with van der Waals surface area (Å²) in [7, 11) is 0. The minimum atomic E-state index is 0.378. The Morgan fingerprint density at radius 3 is 2.78 bits per heavy atom. The molecule has 0 amide bonds. The monoisotopic (exact) mass is 443 g/mol. The zero-order chi connectivity index (χ0) is 19.2. The van der Waals surface area contributed by atoms with Gasteiger partial charge < -0.3 is 4.74 Å². The van der Waals surface area contributed by atoms with E-state index in [1.54, 1.807) is 11.8 Å². The largest absolute Gasteiger partial charge is 0.485 e. The standard InChI is InChI=1S/C21H22BrN3OS/c1-4-11-25-20(13-26-19-10-5-7-15(2)16(19)3)23-24-21(25)27-14-17-8-6-9-18(22)12-17/h4-10,12H,1,11,13-14H2,2-3H3. The highest BCUT2D eigenvalue weighted by atomic mass is 79.9. The minimum absolute atomic E-state index is 0.378. The van der Waals surface area contributed by atoms with Crippen molar-refractivity contribution in [2.45, 2.75) is 37.9 Å². The summed E-state index contributed by atoms with van der Waals surface area (Å²) in [6, 6.07) is 14.4. The van der Waals surface area contributed by atoms with Crippen molar-refractivity contribution in [3.05, 3.63) is 82.1 Å². The molecule has 0 unspecified atom stereocenters. The fourth-order valence-corrected chi connectivity index (χ4v) is 4.00. The molecular weight excluding hydrogens is 422 g/mol. The molecule has 0 aliphatic rings. The average molecular weight is 444 g/mol. The van der Waals surface area contributed by atoms with Gasteiger partial charge in [0, 0.05) is 16.8 Å². The van der Waals surface area contributed by atoms with Crippen LogP contribution < -0.4 is 4.74 Å². The lowest BCUT2D eigenvalue weighted by molar-refractivity contribution is 0.287. The van der Waals surface area contributed by atoms with E-state index in [2.05, 4.69) is 69.3 Å². The van der Waals surface area contributed by atoms with Gasteiger partial charge in [0.25, 0.3) is 0 Å². The van der Waals surface area contributed by atoms with E-state index in [1.165, 1.54) is 11.1 Å². The maximum atomic E-state index is 6.01. The fourth-order valence-electron chi connectivity index (χ4n) is 2.64. The number of halogens is 1. The number of hydrogen-bond donors (Lipinski definition) is 0. The summed E-state index contributed by atoms with van der Waals surface area (Å²) in [5, 5.41) is 9.57. The van der Waals surface area contributed by atoms with Crippen LogP contribution in [0.4, 0.5) is 0 Å². The first-order valence-corrected chi connectivity index (χ1v) is 10.5. The highest BCUT2D eigenvalue weighted by Crippen LogP contribution is 2.25. The molecule has 0 N–H and O–H groups in total. The van der Waals surface area contributed by atoms with Crippen LogP contribution >= 0.6 is 27.7 Å². The van der Waals surface area contributed by atoms with Crippen molar-refractivity contribution >= 4 is 27.7 Å². The molecule has 0 fully saturated rings. The van der Waals surface area contributed by atoms with E-state index in [9.17, 15) is 0 Å². The quantitative estimate of drug-likeness (QED) is 0.329. The number of thioether (sulfide) groups is 1. The van der Waals surface area contributed by atoms with Gasteiger partial charge in [-0.1, -0.05) is 58.0 Å². The van der Waals surface area contributed by atoms with Crippen LogP contribution in [0.3, 0.4) is 0 Å². The van der Waals surface area contributed by atoms with Crippen molar-refractivity contribution in [1.82, 2.24) is 14.8 Å². The van der Waals surface area contributed by atoms with Crippen LogP contribution in [0.1, 0.15) is 22.5 Å². The molecule has 0 aliphatic heterocycles. The lowest BCUT2D eigenvalue weighted by Gasteiger charge is -2.12. The van der Waals surface area contributed by atoms with Crippen LogP contribution in [0.15, 0.2) is 64.7 Å². The van der Waals surface area contributed by atoms with Crippen molar-refractivity contribution in [2.24, 2.45) is 0 Å². The maximum Gasteiger partial charge on any atom is 0.191 e. The highest BCUT2D eigenvalue weighted by molar-refractivity contribution is 9.10. The molecule has 0 radical (unpaired) electrons. The number of hydrogen-bond acceptors (Lipinski definition) is 4. The summed E-state index contributed by atoms with van der Waals surface area (Å²) in [6.45, 7) is 9.04. The van der Waals surface area contributed by atoms with Gasteiger partial charge in [0.1, 0.15) is 12.4 Å². The van der Waals surface area contributed by atoms with Gasteiger partial charge >= 0.3 is 0 Å². The smallest absolute Gasteiger partial charge is 0.191 e. The Morgan fingerprint density at radius 1 is 1.19 bits per heavy atom. The fraction of sp³-hybridized carbons (Fsp3) is 0.238. The molecule has 3 aromatic rings. The average Bonchev–Trinajstić information content (AvgIpc) is 3.03. The predicted octanol–water partition coefficient (Wildman–Crippen LogP) is 5.71. The van der Waals surface area contributed by atoms with Crippen LogP contribution in [0.2, 0.25) is 0 Å². The molecule has 0 spiro atoms. The van der Waals surface area contributed by atoms with Crippen LogP contribution in [-0.4, -0.2) is 14.8 Å². The molecule has 140 valence electrons. The lowest BCUT2D eigenvalue weighted by Crippen LogP contribution is -2.08. The lowest BCUT2D eigenvalue weighted by atomic mass is 10.1. The van der Waals surface area contributed by atoms with Gasteiger partial charge in [-0.3, -0.25) is 4.57 Å². The van der Waals surface area contributed by atoms with Gasteiger partial charge in [-0.05, 0) is 48.7 Å². The normalized spacial score (nSPS) is 10.8. The number of aryl methyl sites for hydroxylation is 1. The maximum absolute atomic E-state index is 6.01. The van der Waals surface area contributed by atoms with Crippen molar-refractivity contribution in [1.29, 1.82) is 0 Å². The van der Waals surface area contributed by atoms with Gasteiger partial charge in [0.2, 0.25) is 0 Å². The van der Waals surface area contributed by atoms with Gasteiger partial charge in [-0.15, -0.1) is 16.8 Å². The van der Waals surface area contributed by atoms with Gasteiger partial charge in [-0.25, -0.2) is 0 Å². The van der Waals surface area contributed by atoms with Crippen LogP contribution in [0.25, 0.3) is 0 Å². The molecule has 4 nitrogen and oxygen atoms in total. The Balaban J connectivity index is 1.72. The van der Waals surface area contributed by atoms with Gasteiger partial charge in [0.15, 0.2) is 11.0 Å². The Kier molecular flexibility index (Phi) is 6.74. The molecule has 1 heterocycles. The third-order valence-corrected chi connectivity index (χ3v) is 5.80. The second kappa shape index (κ2) is 9.24. The zero-order valence-corrected chi connectivity index (χ0v) is 17.9. The molecule has 0 atom stereocenters. The number of aromatic nitrogens is 3. The van der Waals surface area contributed by atoms with E-state index < -0.39 is 0 Å². The summed E-state index contributed by atoms with van der Waals surface area (Å²) < 4.78 is 9.15. The third kappa shape index (κ3) is 5.02. The molecule has 27 heavy (non-hydrogen) atoms. The first-order valence-electron chi connectivity index (χ1n) is 8.67. The van der Waals surface area contributed by atoms with Crippen molar-refractivity contribution in [2.75, 3.05) is 0 Å². The Labute approximate surface area is 172 Å². The first-order chi connectivity index (χ1) is 13.1. The summed E-state index contributed by atoms with van der Waals surface area (Å²) in [5.41, 5.74) is 3.59.